The van der Waals surface area contributed by atoms with Crippen LogP contribution in [0.2, 0.25) is 0 Å². The molecule has 0 spiro atoms. The molecule has 12 rings (SSSR count). The molecule has 6 nitrogen and oxygen atoms in total. The monoisotopic (exact) mass is 1090 g/mol. The van der Waals surface area contributed by atoms with Gasteiger partial charge in [-0.3, -0.25) is 0 Å². The van der Waals surface area contributed by atoms with Crippen LogP contribution >= 0.6 is 0 Å². The second-order valence-corrected chi connectivity index (χ2v) is 18.8. The first-order valence-corrected chi connectivity index (χ1v) is 24.2. The van der Waals surface area contributed by atoms with Gasteiger partial charge in [0.15, 0.2) is 17.5 Å². The Bertz CT molecular complexity index is 4270. The summed E-state index contributed by atoms with van der Waals surface area (Å²) in [6.07, 6.45) is -19.6. The Hall–Kier alpha value is -9.76. The zero-order chi connectivity index (χ0) is 56.0. The van der Waals surface area contributed by atoms with Crippen LogP contribution in [0.3, 0.4) is 0 Å². The third-order valence-corrected chi connectivity index (χ3v) is 13.9. The molecule has 0 atom stereocenters. The highest BCUT2D eigenvalue weighted by Gasteiger charge is 2.36. The van der Waals surface area contributed by atoms with E-state index >= 15 is 0 Å². The molecule has 12 aromatic rings. The number of nitriles is 1. The maximum absolute atomic E-state index is 14.5. The topological polar surface area (TPSA) is 72.3 Å². The van der Waals surface area contributed by atoms with Crippen molar-refractivity contribution in [3.8, 4) is 73.9 Å². The highest BCUT2D eigenvalue weighted by Crippen LogP contribution is 2.47. The van der Waals surface area contributed by atoms with Crippen molar-refractivity contribution in [3.05, 3.63) is 222 Å². The molecule has 394 valence electrons. The van der Waals surface area contributed by atoms with Crippen LogP contribution in [0.5, 0.6) is 0 Å². The molecule has 80 heavy (non-hydrogen) atoms. The molecule has 0 aliphatic heterocycles. The van der Waals surface area contributed by atoms with Crippen molar-refractivity contribution in [3.63, 3.8) is 0 Å². The van der Waals surface area contributed by atoms with E-state index < -0.39 is 47.0 Å². The fourth-order valence-corrected chi connectivity index (χ4v) is 10.2. The Balaban J connectivity index is 1.23. The number of halogens is 12. The lowest BCUT2D eigenvalue weighted by Crippen LogP contribution is -2.06. The van der Waals surface area contributed by atoms with E-state index in [1.807, 2.05) is 12.1 Å². The van der Waals surface area contributed by atoms with E-state index in [0.717, 1.165) is 72.8 Å². The highest BCUT2D eigenvalue weighted by atomic mass is 19.4. The van der Waals surface area contributed by atoms with Gasteiger partial charge in [0.2, 0.25) is 0 Å². The van der Waals surface area contributed by atoms with Gasteiger partial charge < -0.3 is 9.13 Å². The standard InChI is InChI=1S/C62H32F12N6/c63-59(64,65)40-17-23-52-46(29-40)47-30-41(60(66,67)68)18-24-53(47)79(52)50-21-15-38(35-13-11-34(33-75)12-14-35)27-44(50)45-28-39(58-77-56(36-7-3-1-4-8-36)76-57(78-58)37-9-5-2-6-10-37)16-22-51(45)80-54-25-19-42(61(69,70)71)31-48(54)49-32-43(62(72,73)74)20-26-55(49)80/h1-32H. The second-order valence-electron chi connectivity index (χ2n) is 18.8. The van der Waals surface area contributed by atoms with E-state index in [1.165, 1.54) is 9.13 Å². The second kappa shape index (κ2) is 18.7. The van der Waals surface area contributed by atoms with Crippen molar-refractivity contribution in [1.29, 1.82) is 5.26 Å². The van der Waals surface area contributed by atoms with E-state index in [0.29, 0.717) is 33.4 Å². The van der Waals surface area contributed by atoms with E-state index in [-0.39, 0.29) is 83.6 Å². The third-order valence-electron chi connectivity index (χ3n) is 13.9. The van der Waals surface area contributed by atoms with Crippen molar-refractivity contribution < 1.29 is 52.7 Å². The molecule has 0 N–H and O–H groups in total. The molecule has 3 heterocycles. The zero-order valence-electron chi connectivity index (χ0n) is 40.7. The molecule has 0 unspecified atom stereocenters. The van der Waals surface area contributed by atoms with Gasteiger partial charge in [0.1, 0.15) is 0 Å². The van der Waals surface area contributed by atoms with Gasteiger partial charge in [-0.15, -0.1) is 0 Å². The summed E-state index contributed by atoms with van der Waals surface area (Å²) in [5.41, 5.74) is -0.746. The number of hydrogen-bond acceptors (Lipinski definition) is 4. The average molecular weight is 1090 g/mol. The van der Waals surface area contributed by atoms with E-state index in [1.54, 1.807) is 109 Å². The quantitative estimate of drug-likeness (QED) is 0.149. The van der Waals surface area contributed by atoms with Gasteiger partial charge in [-0.05, 0) is 126 Å². The summed E-state index contributed by atoms with van der Waals surface area (Å²) in [5.74, 6) is 0.626. The van der Waals surface area contributed by atoms with E-state index in [9.17, 15) is 57.9 Å². The molecule has 9 aromatic carbocycles. The summed E-state index contributed by atoms with van der Waals surface area (Å²) in [7, 11) is 0. The van der Waals surface area contributed by atoms with Crippen molar-refractivity contribution in [2.24, 2.45) is 0 Å². The maximum Gasteiger partial charge on any atom is 0.416 e. The molecule has 0 bridgehead atoms. The molecule has 0 amide bonds. The van der Waals surface area contributed by atoms with Crippen LogP contribution in [-0.2, 0) is 24.7 Å². The normalized spacial score (nSPS) is 12.5. The number of rotatable bonds is 7. The molecule has 0 radical (unpaired) electrons. The van der Waals surface area contributed by atoms with E-state index in [2.05, 4.69) is 6.07 Å². The van der Waals surface area contributed by atoms with Gasteiger partial charge in [-0.1, -0.05) is 78.9 Å². The first-order valence-electron chi connectivity index (χ1n) is 24.2. The number of alkyl halides is 12. The predicted molar refractivity (Wildman–Crippen MR) is 280 cm³/mol. The van der Waals surface area contributed by atoms with Gasteiger partial charge in [0.05, 0.1) is 67.3 Å². The fraction of sp³-hybridized carbons (Fsp3) is 0.0645. The summed E-state index contributed by atoms with van der Waals surface area (Å²) in [4.78, 5) is 14.7. The van der Waals surface area contributed by atoms with Crippen LogP contribution in [0.4, 0.5) is 52.7 Å². The smallest absolute Gasteiger partial charge is 0.309 e. The minimum atomic E-state index is -4.91. The van der Waals surface area contributed by atoms with Gasteiger partial charge in [-0.25, -0.2) is 15.0 Å². The number of aromatic nitrogens is 5. The average Bonchev–Trinajstić information content (AvgIpc) is 3.31. The lowest BCUT2D eigenvalue weighted by Gasteiger charge is -2.21. The Kier molecular flexibility index (Phi) is 11.9. The van der Waals surface area contributed by atoms with Crippen LogP contribution < -0.4 is 0 Å². The fourth-order valence-electron chi connectivity index (χ4n) is 10.2. The first kappa shape index (κ1) is 51.0. The molecule has 0 fully saturated rings. The molecular weight excluding hydrogens is 1060 g/mol. The number of fused-ring (bicyclic) bond motifs is 6. The Labute approximate surface area is 444 Å². The Morgan fingerprint density at radius 3 is 0.963 bits per heavy atom. The Morgan fingerprint density at radius 2 is 0.625 bits per heavy atom. The van der Waals surface area contributed by atoms with Gasteiger partial charge in [0.25, 0.3) is 0 Å². The third kappa shape index (κ3) is 9.09. The zero-order valence-corrected chi connectivity index (χ0v) is 40.7. The van der Waals surface area contributed by atoms with Crippen LogP contribution in [-0.4, -0.2) is 24.1 Å². The Morgan fingerprint density at radius 1 is 0.312 bits per heavy atom. The van der Waals surface area contributed by atoms with Crippen LogP contribution in [0.1, 0.15) is 27.8 Å². The minimum Gasteiger partial charge on any atom is -0.309 e. The molecule has 3 aromatic heterocycles. The maximum atomic E-state index is 14.5. The van der Waals surface area contributed by atoms with E-state index in [4.69, 9.17) is 15.0 Å². The molecule has 0 saturated heterocycles. The summed E-state index contributed by atoms with van der Waals surface area (Å²) in [6, 6.07) is 47.2. The first-order chi connectivity index (χ1) is 38.1. The van der Waals surface area contributed by atoms with Crippen LogP contribution in [0.25, 0.3) is 111 Å². The molecule has 0 saturated carbocycles. The minimum absolute atomic E-state index is 0.0419. The van der Waals surface area contributed by atoms with Crippen LogP contribution in [0.15, 0.2) is 194 Å². The van der Waals surface area contributed by atoms with Gasteiger partial charge in [-0.2, -0.15) is 57.9 Å². The predicted octanol–water partition coefficient (Wildman–Crippen LogP) is 18.3. The number of nitrogens with zero attached hydrogens (tertiary/aromatic N) is 6. The lowest BCUT2D eigenvalue weighted by molar-refractivity contribution is -0.138. The lowest BCUT2D eigenvalue weighted by atomic mass is 9.94. The summed E-state index contributed by atoms with van der Waals surface area (Å²) in [5, 5.41) is 8.93. The number of hydrogen-bond donors (Lipinski definition) is 0. The molecule has 0 aliphatic carbocycles. The highest BCUT2D eigenvalue weighted by molar-refractivity contribution is 6.12. The molecule has 0 aliphatic rings. The van der Waals surface area contributed by atoms with Crippen molar-refractivity contribution >= 4 is 43.6 Å². The summed E-state index contributed by atoms with van der Waals surface area (Å²) >= 11 is 0. The van der Waals surface area contributed by atoms with Gasteiger partial charge >= 0.3 is 24.7 Å². The summed E-state index contributed by atoms with van der Waals surface area (Å²) < 4.78 is 177. The molecule has 18 heteroatoms. The SMILES string of the molecule is N#Cc1ccc(-c2ccc(-n3c4ccc(C(F)(F)F)cc4c4cc(C(F)(F)F)ccc43)c(-c3cc(-c4nc(-c5ccccc5)nc(-c5ccccc5)n4)ccc3-n3c4ccc(C(F)(F)F)cc4c4cc(C(F)(F)F)ccc43)c2)cc1. The molecular formula is C62H32F12N6. The number of benzene rings is 9. The largest absolute Gasteiger partial charge is 0.416 e. The van der Waals surface area contributed by atoms with Gasteiger partial charge in [0, 0.05) is 49.4 Å². The van der Waals surface area contributed by atoms with Crippen molar-refractivity contribution in [2.75, 3.05) is 0 Å². The van der Waals surface area contributed by atoms with Crippen LogP contribution in [0, 0.1) is 11.3 Å². The van der Waals surface area contributed by atoms with Crippen molar-refractivity contribution in [1.82, 2.24) is 24.1 Å². The summed E-state index contributed by atoms with van der Waals surface area (Å²) in [6.45, 7) is 0. The van der Waals surface area contributed by atoms with Crippen molar-refractivity contribution in [2.45, 2.75) is 24.7 Å².